The van der Waals surface area contributed by atoms with Crippen LogP contribution in [-0.2, 0) is 13.0 Å². The van der Waals surface area contributed by atoms with E-state index in [1.54, 1.807) is 11.3 Å². The zero-order valence-electron chi connectivity index (χ0n) is 9.84. The van der Waals surface area contributed by atoms with Crippen LogP contribution in [0.4, 0.5) is 0 Å². The lowest BCUT2D eigenvalue weighted by Crippen LogP contribution is -2.36. The molecule has 0 spiro atoms. The lowest BCUT2D eigenvalue weighted by atomic mass is 10.0. The van der Waals surface area contributed by atoms with Gasteiger partial charge < -0.3 is 10.4 Å². The van der Waals surface area contributed by atoms with Gasteiger partial charge in [0.2, 0.25) is 0 Å². The molecule has 0 aliphatic heterocycles. The summed E-state index contributed by atoms with van der Waals surface area (Å²) in [6.45, 7) is 7.58. The summed E-state index contributed by atoms with van der Waals surface area (Å²) in [4.78, 5) is 1.39. The van der Waals surface area contributed by atoms with Crippen LogP contribution in [0.1, 0.15) is 37.6 Å². The average molecular weight is 227 g/mol. The van der Waals surface area contributed by atoms with Crippen molar-refractivity contribution in [2.75, 3.05) is 6.54 Å². The van der Waals surface area contributed by atoms with E-state index >= 15 is 0 Å². The van der Waals surface area contributed by atoms with Gasteiger partial charge in [0.05, 0.1) is 5.60 Å². The van der Waals surface area contributed by atoms with E-state index in [1.807, 2.05) is 13.8 Å². The second kappa shape index (κ2) is 5.64. The number of thiophene rings is 1. The fourth-order valence-corrected chi connectivity index (χ4v) is 2.35. The van der Waals surface area contributed by atoms with Crippen LogP contribution in [0.15, 0.2) is 11.4 Å². The van der Waals surface area contributed by atoms with E-state index < -0.39 is 5.60 Å². The Kier molecular flexibility index (Phi) is 4.77. The van der Waals surface area contributed by atoms with Gasteiger partial charge in [-0.05, 0) is 36.8 Å². The second-order valence-electron chi connectivity index (χ2n) is 4.18. The van der Waals surface area contributed by atoms with Crippen LogP contribution < -0.4 is 5.32 Å². The van der Waals surface area contributed by atoms with E-state index in [0.29, 0.717) is 6.54 Å². The highest BCUT2D eigenvalue weighted by Crippen LogP contribution is 2.17. The van der Waals surface area contributed by atoms with Crippen LogP contribution in [0.3, 0.4) is 0 Å². The monoisotopic (exact) mass is 227 g/mol. The molecule has 2 N–H and O–H groups in total. The molecule has 1 aromatic rings. The predicted octanol–water partition coefficient (Wildman–Crippen LogP) is 2.56. The first-order valence-corrected chi connectivity index (χ1v) is 6.45. The highest BCUT2D eigenvalue weighted by molar-refractivity contribution is 7.10. The molecule has 1 heterocycles. The first-order valence-electron chi connectivity index (χ1n) is 5.57. The lowest BCUT2D eigenvalue weighted by Gasteiger charge is -2.21. The molecule has 0 saturated carbocycles. The Morgan fingerprint density at radius 3 is 2.80 bits per heavy atom. The van der Waals surface area contributed by atoms with Crippen molar-refractivity contribution in [2.45, 2.75) is 45.8 Å². The summed E-state index contributed by atoms with van der Waals surface area (Å²) >= 11 is 1.79. The molecule has 3 heteroatoms. The van der Waals surface area contributed by atoms with Gasteiger partial charge in [-0.15, -0.1) is 11.3 Å². The Balaban J connectivity index is 2.38. The molecule has 0 fully saturated rings. The van der Waals surface area contributed by atoms with Crippen LogP contribution in [0, 0.1) is 0 Å². The molecule has 0 aliphatic carbocycles. The number of nitrogens with one attached hydrogen (secondary N) is 1. The van der Waals surface area contributed by atoms with Gasteiger partial charge in [-0.3, -0.25) is 0 Å². The fourth-order valence-electron chi connectivity index (χ4n) is 1.41. The van der Waals surface area contributed by atoms with Crippen molar-refractivity contribution >= 4 is 11.3 Å². The van der Waals surface area contributed by atoms with E-state index in [2.05, 4.69) is 23.7 Å². The molecule has 0 bridgehead atoms. The Morgan fingerprint density at radius 2 is 2.20 bits per heavy atom. The predicted molar refractivity (Wildman–Crippen MR) is 66.3 cm³/mol. The summed E-state index contributed by atoms with van der Waals surface area (Å²) in [5.74, 6) is 0. The van der Waals surface area contributed by atoms with Gasteiger partial charge in [0, 0.05) is 18.0 Å². The number of hydrogen-bond donors (Lipinski definition) is 2. The summed E-state index contributed by atoms with van der Waals surface area (Å²) in [5, 5.41) is 15.3. The van der Waals surface area contributed by atoms with Crippen LogP contribution in [0.5, 0.6) is 0 Å². The first-order chi connectivity index (χ1) is 7.09. The maximum atomic E-state index is 9.82. The third kappa shape index (κ3) is 3.93. The van der Waals surface area contributed by atoms with E-state index in [0.717, 1.165) is 19.4 Å². The molecule has 15 heavy (non-hydrogen) atoms. The number of rotatable bonds is 6. The number of aliphatic hydroxyl groups is 1. The zero-order valence-corrected chi connectivity index (χ0v) is 10.7. The van der Waals surface area contributed by atoms with Crippen molar-refractivity contribution in [1.82, 2.24) is 5.32 Å². The highest BCUT2D eigenvalue weighted by atomic mass is 32.1. The highest BCUT2D eigenvalue weighted by Gasteiger charge is 2.16. The number of aryl methyl sites for hydroxylation is 1. The van der Waals surface area contributed by atoms with Crippen molar-refractivity contribution in [3.63, 3.8) is 0 Å². The summed E-state index contributed by atoms with van der Waals surface area (Å²) in [6, 6.07) is 2.18. The molecule has 86 valence electrons. The molecule has 0 aromatic carbocycles. The lowest BCUT2D eigenvalue weighted by molar-refractivity contribution is 0.0556. The summed E-state index contributed by atoms with van der Waals surface area (Å²) in [6.07, 6.45) is 1.87. The molecule has 2 nitrogen and oxygen atoms in total. The SMILES string of the molecule is CCc1ccsc1CNCC(C)(O)CC. The normalized spacial score (nSPS) is 15.2. The largest absolute Gasteiger partial charge is 0.389 e. The summed E-state index contributed by atoms with van der Waals surface area (Å²) < 4.78 is 0. The Labute approximate surface area is 96.3 Å². The molecule has 0 aliphatic rings. The minimum Gasteiger partial charge on any atom is -0.389 e. The molecule has 1 atom stereocenters. The standard InChI is InChI=1S/C12H21NOS/c1-4-10-6-7-15-11(10)8-13-9-12(3,14)5-2/h6-7,13-14H,4-5,8-9H2,1-3H3. The molecule has 0 radical (unpaired) electrons. The molecular weight excluding hydrogens is 206 g/mol. The molecular formula is C12H21NOS. The number of hydrogen-bond acceptors (Lipinski definition) is 3. The minimum absolute atomic E-state index is 0.580. The van der Waals surface area contributed by atoms with Crippen molar-refractivity contribution < 1.29 is 5.11 Å². The van der Waals surface area contributed by atoms with Crippen molar-refractivity contribution in [3.8, 4) is 0 Å². The molecule has 1 aromatic heterocycles. The Morgan fingerprint density at radius 1 is 1.47 bits per heavy atom. The van der Waals surface area contributed by atoms with E-state index in [9.17, 15) is 5.11 Å². The third-order valence-electron chi connectivity index (χ3n) is 2.77. The maximum Gasteiger partial charge on any atom is 0.0741 e. The molecule has 1 unspecified atom stereocenters. The van der Waals surface area contributed by atoms with Crippen LogP contribution in [0.2, 0.25) is 0 Å². The zero-order chi connectivity index (χ0) is 11.3. The van der Waals surface area contributed by atoms with Crippen molar-refractivity contribution in [3.05, 3.63) is 21.9 Å². The smallest absolute Gasteiger partial charge is 0.0741 e. The molecule has 0 amide bonds. The average Bonchev–Trinajstić information content (AvgIpc) is 2.65. The quantitative estimate of drug-likeness (QED) is 0.783. The van der Waals surface area contributed by atoms with Crippen LogP contribution in [0.25, 0.3) is 0 Å². The van der Waals surface area contributed by atoms with Gasteiger partial charge in [0.15, 0.2) is 0 Å². The maximum absolute atomic E-state index is 9.82. The second-order valence-corrected chi connectivity index (χ2v) is 5.18. The van der Waals surface area contributed by atoms with E-state index in [1.165, 1.54) is 10.4 Å². The molecule has 1 rings (SSSR count). The summed E-state index contributed by atoms with van der Waals surface area (Å²) in [5.41, 5.74) is 0.840. The van der Waals surface area contributed by atoms with Gasteiger partial charge in [0.25, 0.3) is 0 Å². The Bertz CT molecular complexity index is 294. The van der Waals surface area contributed by atoms with E-state index in [-0.39, 0.29) is 0 Å². The van der Waals surface area contributed by atoms with Gasteiger partial charge in [0.1, 0.15) is 0 Å². The molecule has 0 saturated heterocycles. The third-order valence-corrected chi connectivity index (χ3v) is 3.73. The van der Waals surface area contributed by atoms with Gasteiger partial charge in [-0.1, -0.05) is 13.8 Å². The summed E-state index contributed by atoms with van der Waals surface area (Å²) in [7, 11) is 0. The van der Waals surface area contributed by atoms with Gasteiger partial charge >= 0.3 is 0 Å². The van der Waals surface area contributed by atoms with Crippen molar-refractivity contribution in [1.29, 1.82) is 0 Å². The van der Waals surface area contributed by atoms with Crippen LogP contribution >= 0.6 is 11.3 Å². The topological polar surface area (TPSA) is 32.3 Å². The van der Waals surface area contributed by atoms with Gasteiger partial charge in [-0.2, -0.15) is 0 Å². The van der Waals surface area contributed by atoms with Crippen molar-refractivity contribution in [2.24, 2.45) is 0 Å². The van der Waals surface area contributed by atoms with E-state index in [4.69, 9.17) is 0 Å². The van der Waals surface area contributed by atoms with Gasteiger partial charge in [-0.25, -0.2) is 0 Å². The minimum atomic E-state index is -0.580. The first kappa shape index (κ1) is 12.7. The Hall–Kier alpha value is -0.380. The fraction of sp³-hybridized carbons (Fsp3) is 0.667. The van der Waals surface area contributed by atoms with Crippen LogP contribution in [-0.4, -0.2) is 17.3 Å².